The van der Waals surface area contributed by atoms with E-state index in [0.717, 1.165) is 24.0 Å². The van der Waals surface area contributed by atoms with Crippen molar-refractivity contribution in [3.05, 3.63) is 34.4 Å². The van der Waals surface area contributed by atoms with Gasteiger partial charge in [-0.15, -0.1) is 0 Å². The van der Waals surface area contributed by atoms with E-state index in [4.69, 9.17) is 9.47 Å². The number of unbranched alkanes of at least 4 members (excludes halogenated alkanes) is 1. The molecule has 0 aliphatic rings. The molecule has 0 aliphatic carbocycles. The van der Waals surface area contributed by atoms with Crippen molar-refractivity contribution in [2.75, 3.05) is 13.7 Å². The molecule has 0 fully saturated rings. The van der Waals surface area contributed by atoms with Gasteiger partial charge in [0.05, 0.1) is 13.7 Å². The summed E-state index contributed by atoms with van der Waals surface area (Å²) in [6.45, 7) is 9.05. The van der Waals surface area contributed by atoms with Crippen molar-refractivity contribution in [1.82, 2.24) is 4.98 Å². The van der Waals surface area contributed by atoms with Crippen molar-refractivity contribution < 1.29 is 14.6 Å². The lowest BCUT2D eigenvalue weighted by atomic mass is 9.84. The molecule has 0 aliphatic heterocycles. The van der Waals surface area contributed by atoms with Crippen LogP contribution in [0, 0.1) is 0 Å². The van der Waals surface area contributed by atoms with E-state index in [0.29, 0.717) is 28.3 Å². The van der Waals surface area contributed by atoms with Crippen LogP contribution in [-0.4, -0.2) is 23.8 Å². The second-order valence-electron chi connectivity index (χ2n) is 6.98. The highest BCUT2D eigenvalue weighted by molar-refractivity contribution is 9.10. The summed E-state index contributed by atoms with van der Waals surface area (Å²) in [6, 6.07) is 5.72. The van der Waals surface area contributed by atoms with E-state index in [1.807, 2.05) is 18.2 Å². The number of aromatic hydroxyl groups is 1. The van der Waals surface area contributed by atoms with Crippen LogP contribution in [-0.2, 0) is 5.41 Å². The lowest BCUT2D eigenvalue weighted by molar-refractivity contribution is 0.299. The quantitative estimate of drug-likeness (QED) is 0.623. The first-order valence-corrected chi connectivity index (χ1v) is 9.28. The van der Waals surface area contributed by atoms with Crippen molar-refractivity contribution >= 4 is 15.9 Å². The number of phenols is 1. The zero-order valence-electron chi connectivity index (χ0n) is 15.5. The van der Waals surface area contributed by atoms with Gasteiger partial charge in [-0.25, -0.2) is 4.98 Å². The highest BCUT2D eigenvalue weighted by Crippen LogP contribution is 2.48. The molecular formula is C20H26BrNO3. The van der Waals surface area contributed by atoms with Crippen LogP contribution in [0.4, 0.5) is 0 Å². The zero-order chi connectivity index (χ0) is 18.6. The molecule has 5 heteroatoms. The van der Waals surface area contributed by atoms with Gasteiger partial charge in [0.1, 0.15) is 16.0 Å². The fourth-order valence-corrected chi connectivity index (χ4v) is 3.20. The Morgan fingerprint density at radius 1 is 1.24 bits per heavy atom. The first-order valence-electron chi connectivity index (χ1n) is 8.49. The Hall–Kier alpha value is -1.75. The minimum atomic E-state index is -0.151. The molecule has 0 bridgehead atoms. The smallest absolute Gasteiger partial charge is 0.221 e. The number of halogens is 1. The number of methoxy groups -OCH3 is 1. The normalized spacial score (nSPS) is 11.4. The average Bonchev–Trinajstić information content (AvgIpc) is 2.57. The molecule has 0 amide bonds. The van der Waals surface area contributed by atoms with Gasteiger partial charge in [-0.2, -0.15) is 0 Å². The molecule has 0 saturated heterocycles. The number of pyridine rings is 1. The number of hydrogen-bond donors (Lipinski definition) is 1. The van der Waals surface area contributed by atoms with E-state index in [9.17, 15) is 5.11 Å². The maximum atomic E-state index is 10.7. The Morgan fingerprint density at radius 3 is 2.56 bits per heavy atom. The molecule has 1 aromatic heterocycles. The predicted octanol–water partition coefficient (Wildman–Crippen LogP) is 5.70. The van der Waals surface area contributed by atoms with Crippen molar-refractivity contribution in [1.29, 1.82) is 0 Å². The van der Waals surface area contributed by atoms with Crippen molar-refractivity contribution in [2.24, 2.45) is 0 Å². The fraction of sp³-hybridized carbons (Fsp3) is 0.450. The summed E-state index contributed by atoms with van der Waals surface area (Å²) >= 11 is 3.48. The summed E-state index contributed by atoms with van der Waals surface area (Å²) in [6.07, 6.45) is 3.71. The van der Waals surface area contributed by atoms with Gasteiger partial charge < -0.3 is 14.6 Å². The van der Waals surface area contributed by atoms with Crippen LogP contribution in [0.25, 0.3) is 11.1 Å². The molecular weight excluding hydrogens is 382 g/mol. The van der Waals surface area contributed by atoms with Crippen LogP contribution < -0.4 is 9.47 Å². The highest BCUT2D eigenvalue weighted by Gasteiger charge is 2.26. The van der Waals surface area contributed by atoms with Crippen LogP contribution in [0.15, 0.2) is 28.9 Å². The monoisotopic (exact) mass is 407 g/mol. The van der Waals surface area contributed by atoms with Crippen molar-refractivity contribution in [3.8, 4) is 28.5 Å². The Balaban J connectivity index is 2.62. The first kappa shape index (κ1) is 19.6. The lowest BCUT2D eigenvalue weighted by Gasteiger charge is -2.25. The summed E-state index contributed by atoms with van der Waals surface area (Å²) in [5.74, 6) is 1.30. The van der Waals surface area contributed by atoms with Gasteiger partial charge in [0.15, 0.2) is 0 Å². The maximum absolute atomic E-state index is 10.7. The van der Waals surface area contributed by atoms with E-state index >= 15 is 0 Å². The van der Waals surface area contributed by atoms with E-state index in [2.05, 4.69) is 48.6 Å². The molecule has 1 N–H and O–H groups in total. The number of hydrogen-bond acceptors (Lipinski definition) is 4. The molecule has 25 heavy (non-hydrogen) atoms. The van der Waals surface area contributed by atoms with E-state index in [1.165, 1.54) is 0 Å². The Morgan fingerprint density at radius 2 is 1.96 bits per heavy atom. The van der Waals surface area contributed by atoms with Gasteiger partial charge in [0, 0.05) is 22.9 Å². The van der Waals surface area contributed by atoms with Crippen LogP contribution >= 0.6 is 15.9 Å². The first-order chi connectivity index (χ1) is 11.8. The molecule has 1 heterocycles. The second-order valence-corrected chi connectivity index (χ2v) is 7.77. The van der Waals surface area contributed by atoms with Crippen LogP contribution in [0.3, 0.4) is 0 Å². The van der Waals surface area contributed by atoms with Gasteiger partial charge in [0.2, 0.25) is 5.88 Å². The Bertz CT molecular complexity index is 738. The zero-order valence-corrected chi connectivity index (χ0v) is 17.1. The molecule has 4 nitrogen and oxygen atoms in total. The highest BCUT2D eigenvalue weighted by atomic mass is 79.9. The number of benzene rings is 1. The number of ether oxygens (including phenoxy) is 2. The van der Waals surface area contributed by atoms with Gasteiger partial charge in [-0.3, -0.25) is 0 Å². The molecule has 0 spiro atoms. The molecule has 0 atom stereocenters. The summed E-state index contributed by atoms with van der Waals surface area (Å²) in [7, 11) is 1.61. The molecule has 0 unspecified atom stereocenters. The second kappa shape index (κ2) is 8.09. The number of nitrogens with zero attached hydrogens (tertiary/aromatic N) is 1. The number of rotatable bonds is 6. The van der Waals surface area contributed by atoms with Gasteiger partial charge in [0.25, 0.3) is 0 Å². The van der Waals surface area contributed by atoms with E-state index in [1.54, 1.807) is 13.3 Å². The molecule has 1 aromatic carbocycles. The Labute approximate surface area is 158 Å². The molecule has 2 rings (SSSR count). The van der Waals surface area contributed by atoms with Gasteiger partial charge >= 0.3 is 0 Å². The summed E-state index contributed by atoms with van der Waals surface area (Å²) in [5, 5.41) is 10.7. The molecule has 136 valence electrons. The third-order valence-electron chi connectivity index (χ3n) is 4.01. The molecule has 2 aromatic rings. The fourth-order valence-electron chi connectivity index (χ4n) is 2.61. The van der Waals surface area contributed by atoms with E-state index < -0.39 is 0 Å². The van der Waals surface area contributed by atoms with Crippen molar-refractivity contribution in [2.45, 2.75) is 46.0 Å². The average molecular weight is 408 g/mol. The molecule has 0 radical (unpaired) electrons. The standard InChI is InChI=1S/C20H26BrNO3/c1-6-7-11-25-19-13(9-8-10-22-19)14-12-15(20(2,3)4)18(24-5)16(21)17(14)23/h8-10,12,23H,6-7,11H2,1-5H3. The predicted molar refractivity (Wildman–Crippen MR) is 105 cm³/mol. The molecule has 0 saturated carbocycles. The van der Waals surface area contributed by atoms with Gasteiger partial charge in [-0.05, 0) is 46.0 Å². The van der Waals surface area contributed by atoms with Gasteiger partial charge in [-0.1, -0.05) is 34.1 Å². The summed E-state index contributed by atoms with van der Waals surface area (Å²) < 4.78 is 11.9. The maximum Gasteiger partial charge on any atom is 0.221 e. The Kier molecular flexibility index (Phi) is 6.33. The van der Waals surface area contributed by atoms with Crippen LogP contribution in [0.2, 0.25) is 0 Å². The lowest BCUT2D eigenvalue weighted by Crippen LogP contribution is -2.13. The number of phenolic OH excluding ortho intramolecular Hbond substituents is 1. The minimum Gasteiger partial charge on any atom is -0.506 e. The SMILES string of the molecule is CCCCOc1ncccc1-c1cc(C(C)(C)C)c(OC)c(Br)c1O. The third kappa shape index (κ3) is 4.27. The van der Waals surface area contributed by atoms with E-state index in [-0.39, 0.29) is 11.2 Å². The minimum absolute atomic E-state index is 0.123. The van der Waals surface area contributed by atoms with Crippen molar-refractivity contribution in [3.63, 3.8) is 0 Å². The third-order valence-corrected chi connectivity index (χ3v) is 4.74. The van der Waals surface area contributed by atoms with Crippen LogP contribution in [0.5, 0.6) is 17.4 Å². The summed E-state index contributed by atoms with van der Waals surface area (Å²) in [4.78, 5) is 4.35. The number of aromatic nitrogens is 1. The topological polar surface area (TPSA) is 51.6 Å². The largest absolute Gasteiger partial charge is 0.506 e. The summed E-state index contributed by atoms with van der Waals surface area (Å²) in [5.41, 5.74) is 2.29. The van der Waals surface area contributed by atoms with Crippen LogP contribution in [0.1, 0.15) is 46.1 Å².